The molecule has 0 bridgehead atoms. The summed E-state index contributed by atoms with van der Waals surface area (Å²) < 4.78 is 4.33. The molecule has 1 unspecified atom stereocenters. The Hall–Kier alpha value is -0.637. The van der Waals surface area contributed by atoms with Crippen molar-refractivity contribution >= 4 is 23.5 Å². The van der Waals surface area contributed by atoms with Gasteiger partial charge in [-0.25, -0.2) is 0 Å². The van der Waals surface area contributed by atoms with Crippen LogP contribution in [0.2, 0.25) is 0 Å². The molecule has 0 aliphatic heterocycles. The molecule has 0 spiro atoms. The summed E-state index contributed by atoms with van der Waals surface area (Å²) in [6.07, 6.45) is -0.256. The molecule has 0 rings (SSSR count). The third-order valence-electron chi connectivity index (χ3n) is 2.07. The van der Waals surface area contributed by atoms with Crippen LogP contribution in [0.15, 0.2) is 0 Å². The van der Waals surface area contributed by atoms with Crippen LogP contribution in [0.5, 0.6) is 0 Å². The zero-order chi connectivity index (χ0) is 12.2. The summed E-state index contributed by atoms with van der Waals surface area (Å²) in [5, 5.41) is 0. The standard InChI is InChI=1S/C10H14O5.Zr/c1-6(11)5-10(4,7(2)12)9(14)15-8(3)13;/h5H2,1-4H3;. The van der Waals surface area contributed by atoms with Gasteiger partial charge >= 0.3 is 11.9 Å². The zero-order valence-corrected chi connectivity index (χ0v) is 12.2. The Bertz CT molecular complexity index is 323. The number of rotatable bonds is 4. The van der Waals surface area contributed by atoms with E-state index in [9.17, 15) is 19.2 Å². The predicted molar refractivity (Wildman–Crippen MR) is 50.9 cm³/mol. The molecule has 0 radical (unpaired) electrons. The summed E-state index contributed by atoms with van der Waals surface area (Å²) in [6.45, 7) is 4.81. The predicted octanol–water partition coefficient (Wildman–Crippen LogP) is 0.648. The second-order valence-corrected chi connectivity index (χ2v) is 3.65. The van der Waals surface area contributed by atoms with Crippen molar-refractivity contribution in [2.24, 2.45) is 5.41 Å². The fraction of sp³-hybridized carbons (Fsp3) is 0.600. The Morgan fingerprint density at radius 1 is 1.06 bits per heavy atom. The Labute approximate surface area is 113 Å². The fourth-order valence-electron chi connectivity index (χ4n) is 1.08. The number of Topliss-reactive ketones (excluding diaryl/α,β-unsaturated/α-hetero) is 2. The van der Waals surface area contributed by atoms with E-state index in [0.717, 1.165) is 6.92 Å². The van der Waals surface area contributed by atoms with Gasteiger partial charge in [0.1, 0.15) is 17.0 Å². The first-order valence-electron chi connectivity index (χ1n) is 4.43. The SMILES string of the molecule is CC(=O)CC(C)(C(C)=O)C(=O)OC(C)=O.[Zr]. The number of ketones is 2. The van der Waals surface area contributed by atoms with Crippen LogP contribution in [0.3, 0.4) is 0 Å². The summed E-state index contributed by atoms with van der Waals surface area (Å²) in [4.78, 5) is 44.2. The number of ether oxygens (including phenoxy) is 1. The minimum Gasteiger partial charge on any atom is -0.393 e. The molecule has 6 heteroatoms. The molecule has 88 valence electrons. The van der Waals surface area contributed by atoms with E-state index in [0.29, 0.717) is 0 Å². The van der Waals surface area contributed by atoms with Crippen LogP contribution in [0.4, 0.5) is 0 Å². The molecule has 0 aromatic carbocycles. The van der Waals surface area contributed by atoms with Crippen LogP contribution in [-0.4, -0.2) is 23.5 Å². The number of carbonyl (C=O) groups excluding carboxylic acids is 4. The first kappa shape index (κ1) is 17.7. The quantitative estimate of drug-likeness (QED) is 0.563. The van der Waals surface area contributed by atoms with Crippen molar-refractivity contribution in [2.75, 3.05) is 0 Å². The third kappa shape index (κ3) is 4.93. The summed E-state index contributed by atoms with van der Waals surface area (Å²) in [5.74, 6) is -2.58. The van der Waals surface area contributed by atoms with Gasteiger partial charge in [-0.15, -0.1) is 0 Å². The van der Waals surface area contributed by atoms with E-state index in [1.54, 1.807) is 0 Å². The third-order valence-corrected chi connectivity index (χ3v) is 2.07. The van der Waals surface area contributed by atoms with Crippen LogP contribution in [0.1, 0.15) is 34.1 Å². The molecule has 1 atom stereocenters. The molecule has 16 heavy (non-hydrogen) atoms. The summed E-state index contributed by atoms with van der Waals surface area (Å²) >= 11 is 0. The van der Waals surface area contributed by atoms with E-state index >= 15 is 0 Å². The summed E-state index contributed by atoms with van der Waals surface area (Å²) in [6, 6.07) is 0. The molecule has 0 fully saturated rings. The molecule has 0 saturated carbocycles. The second-order valence-electron chi connectivity index (χ2n) is 3.65. The van der Waals surface area contributed by atoms with E-state index in [2.05, 4.69) is 4.74 Å². The number of esters is 2. The van der Waals surface area contributed by atoms with Crippen molar-refractivity contribution in [1.29, 1.82) is 0 Å². The Balaban J connectivity index is 0. The largest absolute Gasteiger partial charge is 0.393 e. The molecule has 0 N–H and O–H groups in total. The van der Waals surface area contributed by atoms with Gasteiger partial charge in [0.2, 0.25) is 0 Å². The van der Waals surface area contributed by atoms with Crippen LogP contribution < -0.4 is 0 Å². The van der Waals surface area contributed by atoms with E-state index in [4.69, 9.17) is 0 Å². The van der Waals surface area contributed by atoms with Crippen LogP contribution in [-0.2, 0) is 50.1 Å². The molecule has 5 nitrogen and oxygen atoms in total. The van der Waals surface area contributed by atoms with Gasteiger partial charge in [0.05, 0.1) is 0 Å². The Kier molecular flexibility index (Phi) is 7.59. The maximum absolute atomic E-state index is 11.4. The van der Waals surface area contributed by atoms with Gasteiger partial charge in [-0.2, -0.15) is 0 Å². The maximum Gasteiger partial charge on any atom is 0.327 e. The number of carbonyl (C=O) groups is 4. The summed E-state index contributed by atoms with van der Waals surface area (Å²) in [5.41, 5.74) is -1.56. The average Bonchev–Trinajstić information content (AvgIpc) is 2.00. The number of hydrogen-bond acceptors (Lipinski definition) is 5. The van der Waals surface area contributed by atoms with Crippen molar-refractivity contribution in [3.63, 3.8) is 0 Å². The monoisotopic (exact) mass is 304 g/mol. The molecule has 0 saturated heterocycles. The van der Waals surface area contributed by atoms with Gasteiger partial charge in [0.15, 0.2) is 0 Å². The van der Waals surface area contributed by atoms with Crippen molar-refractivity contribution in [1.82, 2.24) is 0 Å². The molecule has 0 aliphatic rings. The van der Waals surface area contributed by atoms with Gasteiger partial charge in [0, 0.05) is 39.5 Å². The average molecular weight is 305 g/mol. The topological polar surface area (TPSA) is 77.5 Å². The summed E-state index contributed by atoms with van der Waals surface area (Å²) in [7, 11) is 0. The Morgan fingerprint density at radius 3 is 1.75 bits per heavy atom. The Morgan fingerprint density at radius 2 is 1.50 bits per heavy atom. The van der Waals surface area contributed by atoms with Crippen molar-refractivity contribution < 1.29 is 50.1 Å². The van der Waals surface area contributed by atoms with Crippen molar-refractivity contribution in [3.05, 3.63) is 0 Å². The normalized spacial score (nSPS) is 13.0. The minimum absolute atomic E-state index is 0. The van der Waals surface area contributed by atoms with Crippen LogP contribution in [0.25, 0.3) is 0 Å². The fourth-order valence-corrected chi connectivity index (χ4v) is 1.08. The maximum atomic E-state index is 11.4. The van der Waals surface area contributed by atoms with E-state index < -0.39 is 23.1 Å². The molecule has 0 amide bonds. The van der Waals surface area contributed by atoms with Crippen molar-refractivity contribution in [2.45, 2.75) is 34.1 Å². The van der Waals surface area contributed by atoms with E-state index in [1.807, 2.05) is 0 Å². The first-order chi connectivity index (χ1) is 6.70. The van der Waals surface area contributed by atoms with Gasteiger partial charge < -0.3 is 4.74 Å². The molecule has 0 heterocycles. The number of hydrogen-bond donors (Lipinski definition) is 0. The van der Waals surface area contributed by atoms with Crippen LogP contribution >= 0.6 is 0 Å². The molecular weight excluding hydrogens is 291 g/mol. The van der Waals surface area contributed by atoms with E-state index in [-0.39, 0.29) is 38.4 Å². The van der Waals surface area contributed by atoms with Gasteiger partial charge in [-0.3, -0.25) is 19.2 Å². The smallest absolute Gasteiger partial charge is 0.327 e. The van der Waals surface area contributed by atoms with Gasteiger partial charge in [0.25, 0.3) is 0 Å². The van der Waals surface area contributed by atoms with Gasteiger partial charge in [-0.1, -0.05) is 0 Å². The second kappa shape index (κ2) is 6.84. The molecular formula is C10H14O5Zr. The molecule has 0 aromatic heterocycles. The van der Waals surface area contributed by atoms with E-state index in [1.165, 1.54) is 20.8 Å². The van der Waals surface area contributed by atoms with Crippen molar-refractivity contribution in [3.8, 4) is 0 Å². The zero-order valence-electron chi connectivity index (χ0n) is 9.75. The van der Waals surface area contributed by atoms with Gasteiger partial charge in [-0.05, 0) is 20.8 Å². The van der Waals surface area contributed by atoms with Crippen LogP contribution in [0, 0.1) is 5.41 Å². The molecule has 0 aliphatic carbocycles. The minimum atomic E-state index is -1.56. The first-order valence-corrected chi connectivity index (χ1v) is 4.43. The molecule has 0 aromatic rings.